The number of hydrogen-bond acceptors (Lipinski definition) is 5. The zero-order chi connectivity index (χ0) is 24.5. The summed E-state index contributed by atoms with van der Waals surface area (Å²) in [6.45, 7) is 3.83. The second-order valence-corrected chi connectivity index (χ2v) is 13.8. The molecule has 1 aliphatic carbocycles. The van der Waals surface area contributed by atoms with Gasteiger partial charge in [-0.05, 0) is 49.4 Å². The third-order valence-electron chi connectivity index (χ3n) is 7.81. The molecule has 1 amide bonds. The normalized spacial score (nSPS) is 22.9. The van der Waals surface area contributed by atoms with Crippen molar-refractivity contribution in [2.45, 2.75) is 68.3 Å². The first-order valence-corrected chi connectivity index (χ1v) is 13.4. The van der Waals surface area contributed by atoms with Gasteiger partial charge in [0, 0.05) is 60.3 Å². The molecule has 4 atom stereocenters. The SMILES string of the molecule is CN(C(=O)CC1(N)CCCCC1)C1CC(C(C)(P)P)CN(c2ccc(C#N)c3ncccc23)C1. The fourth-order valence-electron chi connectivity index (χ4n) is 5.59. The van der Waals surface area contributed by atoms with E-state index in [4.69, 9.17) is 5.73 Å². The number of rotatable bonds is 5. The molecule has 2 aliphatic rings. The molecule has 4 rings (SSSR count). The Morgan fingerprint density at radius 1 is 1.29 bits per heavy atom. The number of amides is 1. The number of likely N-dealkylation sites (N-methyl/N-ethyl adjacent to an activating group) is 1. The lowest BCUT2D eigenvalue weighted by molar-refractivity contribution is -0.134. The van der Waals surface area contributed by atoms with E-state index in [-0.39, 0.29) is 22.4 Å². The molecule has 8 heteroatoms. The van der Waals surface area contributed by atoms with Crippen LogP contribution in [-0.2, 0) is 4.79 Å². The Labute approximate surface area is 208 Å². The standard InChI is InChI=1S/C26H37N5OP2/c1-25(33,34)19-13-20(30(2)23(32)14-26(28)10-4-3-5-11-26)17-31(16-19)22-9-8-18(15-27)24-21(22)7-6-12-29-24/h6-9,12,19-20H,3-5,10-11,13-14,16-17,28,33-34H2,1-2H3. The topological polar surface area (TPSA) is 86.2 Å². The summed E-state index contributed by atoms with van der Waals surface area (Å²) < 4.78 is 0. The maximum atomic E-state index is 13.4. The summed E-state index contributed by atoms with van der Waals surface area (Å²) >= 11 is 0. The zero-order valence-electron chi connectivity index (χ0n) is 20.3. The summed E-state index contributed by atoms with van der Waals surface area (Å²) in [7, 11) is 7.89. The molecule has 1 saturated carbocycles. The monoisotopic (exact) mass is 497 g/mol. The van der Waals surface area contributed by atoms with Crippen LogP contribution < -0.4 is 10.6 Å². The predicted molar refractivity (Wildman–Crippen MR) is 146 cm³/mol. The molecular weight excluding hydrogens is 460 g/mol. The average molecular weight is 498 g/mol. The molecule has 6 nitrogen and oxygen atoms in total. The first kappa shape index (κ1) is 25.3. The lowest BCUT2D eigenvalue weighted by atomic mass is 9.79. The molecule has 1 aliphatic heterocycles. The van der Waals surface area contributed by atoms with Crippen molar-refractivity contribution in [1.29, 1.82) is 5.26 Å². The van der Waals surface area contributed by atoms with Gasteiger partial charge in [-0.3, -0.25) is 9.78 Å². The maximum Gasteiger partial charge on any atom is 0.224 e. The van der Waals surface area contributed by atoms with Gasteiger partial charge in [-0.25, -0.2) is 0 Å². The highest BCUT2D eigenvalue weighted by atomic mass is 31.1. The number of aromatic nitrogens is 1. The largest absolute Gasteiger partial charge is 0.369 e. The van der Waals surface area contributed by atoms with Crippen molar-refractivity contribution in [2.24, 2.45) is 11.7 Å². The molecular formula is C26H37N5OP2. The van der Waals surface area contributed by atoms with Crippen LogP contribution in [0, 0.1) is 17.2 Å². The molecule has 0 bridgehead atoms. The predicted octanol–water partition coefficient (Wildman–Crippen LogP) is 4.28. The molecule has 2 heterocycles. The third kappa shape index (κ3) is 5.38. The van der Waals surface area contributed by atoms with Crippen LogP contribution in [0.3, 0.4) is 0 Å². The van der Waals surface area contributed by atoms with Crippen molar-refractivity contribution in [3.63, 3.8) is 0 Å². The Morgan fingerprint density at radius 3 is 2.71 bits per heavy atom. The van der Waals surface area contributed by atoms with Gasteiger partial charge < -0.3 is 15.5 Å². The number of nitriles is 1. The van der Waals surface area contributed by atoms with E-state index < -0.39 is 0 Å². The van der Waals surface area contributed by atoms with E-state index in [9.17, 15) is 10.1 Å². The van der Waals surface area contributed by atoms with Gasteiger partial charge >= 0.3 is 0 Å². The summed E-state index contributed by atoms with van der Waals surface area (Å²) in [6, 6.07) is 10.2. The number of anilines is 1. The van der Waals surface area contributed by atoms with E-state index in [1.165, 1.54) is 6.42 Å². The summed E-state index contributed by atoms with van der Waals surface area (Å²) in [5.41, 5.74) is 8.66. The average Bonchev–Trinajstić information content (AvgIpc) is 2.82. The van der Waals surface area contributed by atoms with Crippen LogP contribution in [0.5, 0.6) is 0 Å². The third-order valence-corrected chi connectivity index (χ3v) is 8.75. The number of fused-ring (bicyclic) bond motifs is 1. The Balaban J connectivity index is 1.62. The minimum absolute atomic E-state index is 0.0556. The molecule has 1 aromatic heterocycles. The van der Waals surface area contributed by atoms with E-state index in [0.29, 0.717) is 17.9 Å². The molecule has 34 heavy (non-hydrogen) atoms. The van der Waals surface area contributed by atoms with E-state index >= 15 is 0 Å². The highest BCUT2D eigenvalue weighted by Crippen LogP contribution is 2.42. The molecule has 1 saturated heterocycles. The Morgan fingerprint density at radius 2 is 2.03 bits per heavy atom. The minimum Gasteiger partial charge on any atom is -0.369 e. The molecule has 2 fully saturated rings. The number of carbonyl (C=O) groups is 1. The van der Waals surface area contributed by atoms with E-state index in [1.54, 1.807) is 6.20 Å². The van der Waals surface area contributed by atoms with Crippen molar-refractivity contribution in [2.75, 3.05) is 25.0 Å². The van der Waals surface area contributed by atoms with Crippen LogP contribution in [0.4, 0.5) is 5.69 Å². The molecule has 2 N–H and O–H groups in total. The lowest BCUT2D eigenvalue weighted by Gasteiger charge is -2.47. The van der Waals surface area contributed by atoms with E-state index in [2.05, 4.69) is 41.4 Å². The van der Waals surface area contributed by atoms with Crippen molar-refractivity contribution in [3.8, 4) is 6.07 Å². The van der Waals surface area contributed by atoms with Gasteiger partial charge in [-0.15, -0.1) is 18.5 Å². The van der Waals surface area contributed by atoms with Crippen LogP contribution in [-0.4, -0.2) is 52.4 Å². The lowest BCUT2D eigenvalue weighted by Crippen LogP contribution is -2.55. The van der Waals surface area contributed by atoms with Gasteiger partial charge in [0.15, 0.2) is 0 Å². The van der Waals surface area contributed by atoms with E-state index in [0.717, 1.165) is 61.8 Å². The van der Waals surface area contributed by atoms with Gasteiger partial charge in [-0.2, -0.15) is 5.26 Å². The Kier molecular flexibility index (Phi) is 7.49. The van der Waals surface area contributed by atoms with Crippen molar-refractivity contribution < 1.29 is 4.79 Å². The molecule has 182 valence electrons. The summed E-state index contributed by atoms with van der Waals surface area (Å²) in [5.74, 6) is 0.496. The number of hydrogen-bond donors (Lipinski definition) is 1. The molecule has 0 radical (unpaired) electrons. The molecule has 0 spiro atoms. The van der Waals surface area contributed by atoms with Gasteiger partial charge in [0.25, 0.3) is 0 Å². The highest BCUT2D eigenvalue weighted by molar-refractivity contribution is 7.39. The first-order valence-electron chi connectivity index (χ1n) is 12.3. The quantitative estimate of drug-likeness (QED) is 0.624. The molecule has 1 aromatic carbocycles. The van der Waals surface area contributed by atoms with Gasteiger partial charge in [0.2, 0.25) is 5.91 Å². The number of nitrogens with zero attached hydrogens (tertiary/aromatic N) is 4. The van der Waals surface area contributed by atoms with Gasteiger partial charge in [0.1, 0.15) is 6.07 Å². The van der Waals surface area contributed by atoms with Crippen LogP contribution in [0.1, 0.15) is 57.4 Å². The number of benzene rings is 1. The van der Waals surface area contributed by atoms with Crippen molar-refractivity contribution in [1.82, 2.24) is 9.88 Å². The summed E-state index contributed by atoms with van der Waals surface area (Å²) in [5, 5.41) is 10.5. The number of pyridine rings is 1. The smallest absolute Gasteiger partial charge is 0.224 e. The zero-order valence-corrected chi connectivity index (χ0v) is 22.6. The van der Waals surface area contributed by atoms with Gasteiger partial charge in [-0.1, -0.05) is 26.2 Å². The molecule has 2 aromatic rings. The Hall–Kier alpha value is -1.79. The number of nitrogens with two attached hydrogens (primary N) is 1. The minimum atomic E-state index is -0.359. The van der Waals surface area contributed by atoms with Crippen LogP contribution >= 0.6 is 18.5 Å². The summed E-state index contributed by atoms with van der Waals surface area (Å²) in [4.78, 5) is 22.1. The highest BCUT2D eigenvalue weighted by Gasteiger charge is 2.39. The summed E-state index contributed by atoms with van der Waals surface area (Å²) in [6.07, 6.45) is 8.42. The second-order valence-electron chi connectivity index (χ2n) is 10.6. The van der Waals surface area contributed by atoms with Gasteiger partial charge in [0.05, 0.1) is 11.1 Å². The van der Waals surface area contributed by atoms with Crippen LogP contribution in [0.2, 0.25) is 0 Å². The maximum absolute atomic E-state index is 13.4. The fourth-order valence-corrected chi connectivity index (χ4v) is 6.07. The van der Waals surface area contributed by atoms with E-state index in [1.807, 2.05) is 36.2 Å². The number of piperidine rings is 1. The second kappa shape index (κ2) is 10.1. The first-order chi connectivity index (χ1) is 16.1. The molecule has 4 unspecified atom stereocenters. The Bertz CT molecular complexity index is 1090. The van der Waals surface area contributed by atoms with Crippen LogP contribution in [0.15, 0.2) is 30.5 Å². The van der Waals surface area contributed by atoms with Crippen molar-refractivity contribution in [3.05, 3.63) is 36.0 Å². The fraction of sp³-hybridized carbons (Fsp3) is 0.577. The number of carbonyl (C=O) groups excluding carboxylic acids is 1. The van der Waals surface area contributed by atoms with Crippen LogP contribution in [0.25, 0.3) is 10.9 Å². The van der Waals surface area contributed by atoms with Crippen molar-refractivity contribution >= 4 is 41.0 Å².